The molecular formula is C14H20N2O4. The number of nitrogens with two attached hydrogens (primary N) is 1. The normalized spacial score (nSPS) is 11.7. The van der Waals surface area contributed by atoms with Crippen LogP contribution in [0.25, 0.3) is 0 Å². The Morgan fingerprint density at radius 1 is 1.35 bits per heavy atom. The zero-order valence-corrected chi connectivity index (χ0v) is 11.5. The number of rotatable bonds is 8. The predicted molar refractivity (Wildman–Crippen MR) is 74.1 cm³/mol. The maximum Gasteiger partial charge on any atom is 0.248 e. The molecule has 1 atom stereocenters. The van der Waals surface area contributed by atoms with Crippen molar-refractivity contribution in [1.82, 2.24) is 5.32 Å². The number of amides is 2. The van der Waals surface area contributed by atoms with Crippen molar-refractivity contribution in [3.8, 4) is 5.75 Å². The number of aliphatic hydroxyl groups excluding tert-OH is 1. The first-order valence-corrected chi connectivity index (χ1v) is 6.42. The lowest BCUT2D eigenvalue weighted by Crippen LogP contribution is -2.39. The number of aliphatic hydroxyl groups is 1. The summed E-state index contributed by atoms with van der Waals surface area (Å²) in [7, 11) is 0. The number of hydrogen-bond acceptors (Lipinski definition) is 4. The van der Waals surface area contributed by atoms with Gasteiger partial charge >= 0.3 is 0 Å². The second-order valence-electron chi connectivity index (χ2n) is 4.49. The van der Waals surface area contributed by atoms with Crippen LogP contribution in [0.5, 0.6) is 5.75 Å². The lowest BCUT2D eigenvalue weighted by molar-refractivity contribution is -0.127. The van der Waals surface area contributed by atoms with Crippen molar-refractivity contribution in [1.29, 1.82) is 0 Å². The van der Waals surface area contributed by atoms with Crippen LogP contribution in [0.1, 0.15) is 18.4 Å². The van der Waals surface area contributed by atoms with Crippen LogP contribution in [0.3, 0.4) is 0 Å². The topological polar surface area (TPSA) is 102 Å². The van der Waals surface area contributed by atoms with Gasteiger partial charge in [0.15, 0.2) is 0 Å². The van der Waals surface area contributed by atoms with E-state index in [9.17, 15) is 9.59 Å². The first-order valence-electron chi connectivity index (χ1n) is 6.42. The van der Waals surface area contributed by atoms with Crippen LogP contribution in [0.15, 0.2) is 24.3 Å². The van der Waals surface area contributed by atoms with Crippen molar-refractivity contribution in [2.24, 2.45) is 5.73 Å². The Hall–Kier alpha value is -2.08. The van der Waals surface area contributed by atoms with Crippen molar-refractivity contribution in [3.63, 3.8) is 0 Å². The molecule has 0 saturated carbocycles. The zero-order valence-electron chi connectivity index (χ0n) is 11.5. The Kier molecular flexibility index (Phi) is 6.52. The fraction of sp³-hybridized carbons (Fsp3) is 0.429. The third-order valence-corrected chi connectivity index (χ3v) is 2.66. The summed E-state index contributed by atoms with van der Waals surface area (Å²) in [4.78, 5) is 22.0. The number of benzene rings is 1. The molecule has 110 valence electrons. The van der Waals surface area contributed by atoms with E-state index in [1.165, 1.54) is 0 Å². The number of nitrogens with one attached hydrogen (secondary N) is 1. The number of hydrogen-bond donors (Lipinski definition) is 3. The smallest absolute Gasteiger partial charge is 0.248 e. The van der Waals surface area contributed by atoms with E-state index >= 15 is 0 Å². The Balaban J connectivity index is 2.13. The Labute approximate surface area is 117 Å². The second-order valence-corrected chi connectivity index (χ2v) is 4.49. The molecule has 0 aromatic heterocycles. The summed E-state index contributed by atoms with van der Waals surface area (Å²) >= 11 is 0. The molecule has 0 fully saturated rings. The quantitative estimate of drug-likeness (QED) is 0.588. The van der Waals surface area contributed by atoms with Crippen molar-refractivity contribution in [2.75, 3.05) is 13.2 Å². The van der Waals surface area contributed by atoms with Gasteiger partial charge in [0, 0.05) is 6.42 Å². The number of primary amides is 1. The summed E-state index contributed by atoms with van der Waals surface area (Å²) in [5.41, 5.74) is 6.02. The summed E-state index contributed by atoms with van der Waals surface area (Å²) < 4.78 is 5.47. The van der Waals surface area contributed by atoms with Crippen LogP contribution in [0.4, 0.5) is 0 Å². The van der Waals surface area contributed by atoms with Crippen LogP contribution in [-0.4, -0.2) is 36.2 Å². The molecule has 0 aliphatic rings. The second kappa shape index (κ2) is 8.16. The van der Waals surface area contributed by atoms with Gasteiger partial charge in [-0.3, -0.25) is 9.59 Å². The monoisotopic (exact) mass is 280 g/mol. The highest BCUT2D eigenvalue weighted by Crippen LogP contribution is 2.11. The number of carbonyl (C=O) groups excluding carboxylic acids is 2. The first kappa shape index (κ1) is 16.0. The average molecular weight is 280 g/mol. The van der Waals surface area contributed by atoms with E-state index in [0.29, 0.717) is 13.0 Å². The molecule has 1 rings (SSSR count). The molecule has 20 heavy (non-hydrogen) atoms. The summed E-state index contributed by atoms with van der Waals surface area (Å²) in [5, 5.41) is 11.5. The van der Waals surface area contributed by atoms with E-state index in [1.807, 2.05) is 31.2 Å². The largest absolute Gasteiger partial charge is 0.494 e. The van der Waals surface area contributed by atoms with Gasteiger partial charge in [0.25, 0.3) is 0 Å². The van der Waals surface area contributed by atoms with Crippen LogP contribution >= 0.6 is 0 Å². The van der Waals surface area contributed by atoms with Gasteiger partial charge in [0.1, 0.15) is 11.9 Å². The van der Waals surface area contributed by atoms with E-state index in [4.69, 9.17) is 15.6 Å². The summed E-state index contributed by atoms with van der Waals surface area (Å²) in [6.07, 6.45) is -0.535. The van der Waals surface area contributed by atoms with Gasteiger partial charge in [-0.2, -0.15) is 0 Å². The Morgan fingerprint density at radius 2 is 2.00 bits per heavy atom. The summed E-state index contributed by atoms with van der Waals surface area (Å²) in [6, 6.07) is 7.65. The molecule has 0 bridgehead atoms. The highest BCUT2D eigenvalue weighted by Gasteiger charge is 2.11. The maximum absolute atomic E-state index is 11.4. The molecule has 1 aromatic rings. The third-order valence-electron chi connectivity index (χ3n) is 2.66. The van der Waals surface area contributed by atoms with Gasteiger partial charge in [-0.25, -0.2) is 0 Å². The molecule has 0 radical (unpaired) electrons. The van der Waals surface area contributed by atoms with Gasteiger partial charge < -0.3 is 20.9 Å². The van der Waals surface area contributed by atoms with E-state index in [-0.39, 0.29) is 18.9 Å². The molecule has 0 saturated heterocycles. The van der Waals surface area contributed by atoms with Crippen molar-refractivity contribution in [2.45, 2.75) is 25.9 Å². The SMILES string of the molecule is Cc1ccc(OCCCC(=O)NCC(O)C(N)=O)cc1. The zero-order chi connectivity index (χ0) is 15.0. The predicted octanol–water partition coefficient (Wildman–Crippen LogP) is 0.116. The van der Waals surface area contributed by atoms with E-state index < -0.39 is 12.0 Å². The Morgan fingerprint density at radius 3 is 2.60 bits per heavy atom. The Bertz CT molecular complexity index is 445. The number of aryl methyl sites for hydroxylation is 1. The van der Waals surface area contributed by atoms with Crippen molar-refractivity contribution >= 4 is 11.8 Å². The molecule has 6 nitrogen and oxygen atoms in total. The van der Waals surface area contributed by atoms with Gasteiger partial charge in [-0.1, -0.05) is 17.7 Å². The molecule has 4 N–H and O–H groups in total. The minimum absolute atomic E-state index is 0.160. The highest BCUT2D eigenvalue weighted by atomic mass is 16.5. The molecule has 0 aliphatic heterocycles. The minimum Gasteiger partial charge on any atom is -0.494 e. The first-order chi connectivity index (χ1) is 9.49. The van der Waals surface area contributed by atoms with Gasteiger partial charge in [0.05, 0.1) is 13.2 Å². The molecule has 0 spiro atoms. The molecule has 1 aromatic carbocycles. The molecule has 0 aliphatic carbocycles. The summed E-state index contributed by atoms with van der Waals surface area (Å²) in [5.74, 6) is -0.342. The van der Waals surface area contributed by atoms with Crippen LogP contribution < -0.4 is 15.8 Å². The van der Waals surface area contributed by atoms with Gasteiger partial charge in [0.2, 0.25) is 11.8 Å². The van der Waals surface area contributed by atoms with Crippen molar-refractivity contribution in [3.05, 3.63) is 29.8 Å². The van der Waals surface area contributed by atoms with Gasteiger partial charge in [-0.15, -0.1) is 0 Å². The van der Waals surface area contributed by atoms with Gasteiger partial charge in [-0.05, 0) is 25.5 Å². The molecule has 0 heterocycles. The number of ether oxygens (including phenoxy) is 1. The van der Waals surface area contributed by atoms with E-state index in [2.05, 4.69) is 5.32 Å². The van der Waals surface area contributed by atoms with E-state index in [1.54, 1.807) is 0 Å². The average Bonchev–Trinajstić information content (AvgIpc) is 2.42. The van der Waals surface area contributed by atoms with E-state index in [0.717, 1.165) is 11.3 Å². The number of carbonyl (C=O) groups is 2. The summed E-state index contributed by atoms with van der Waals surface area (Å²) in [6.45, 7) is 2.26. The van der Waals surface area contributed by atoms with Crippen molar-refractivity contribution < 1.29 is 19.4 Å². The van der Waals surface area contributed by atoms with Crippen LogP contribution in [-0.2, 0) is 9.59 Å². The lowest BCUT2D eigenvalue weighted by Gasteiger charge is -2.09. The molecule has 2 amide bonds. The molecule has 6 heteroatoms. The minimum atomic E-state index is -1.34. The fourth-order valence-corrected chi connectivity index (χ4v) is 1.46. The van der Waals surface area contributed by atoms with Crippen LogP contribution in [0.2, 0.25) is 0 Å². The van der Waals surface area contributed by atoms with Crippen LogP contribution in [0, 0.1) is 6.92 Å². The lowest BCUT2D eigenvalue weighted by atomic mass is 10.2. The molecular weight excluding hydrogens is 260 g/mol. The third kappa shape index (κ3) is 6.19. The fourth-order valence-electron chi connectivity index (χ4n) is 1.46. The molecule has 1 unspecified atom stereocenters. The highest BCUT2D eigenvalue weighted by molar-refractivity contribution is 5.80. The maximum atomic E-state index is 11.4. The standard InChI is InChI=1S/C14H20N2O4/c1-10-4-6-11(7-5-10)20-8-2-3-13(18)16-9-12(17)14(15)19/h4-7,12,17H,2-3,8-9H2,1H3,(H2,15,19)(H,16,18).